The van der Waals surface area contributed by atoms with Crippen molar-refractivity contribution in [1.82, 2.24) is 9.80 Å². The third-order valence-corrected chi connectivity index (χ3v) is 10.6. The second-order valence-corrected chi connectivity index (χ2v) is 17.0. The summed E-state index contributed by atoms with van der Waals surface area (Å²) in [5.41, 5.74) is 1.01. The summed E-state index contributed by atoms with van der Waals surface area (Å²) in [6, 6.07) is 4.20. The molecule has 0 amide bonds. The van der Waals surface area contributed by atoms with Crippen LogP contribution in [0, 0.1) is 11.8 Å². The smallest absolute Gasteiger partial charge is 0.318 e. The van der Waals surface area contributed by atoms with Crippen LogP contribution in [0.1, 0.15) is 138 Å². The van der Waals surface area contributed by atoms with Crippen molar-refractivity contribution in [3.05, 3.63) is 28.8 Å². The number of benzene rings is 1. The zero-order valence-electron chi connectivity index (χ0n) is 29.9. The van der Waals surface area contributed by atoms with Crippen LogP contribution in [0.5, 0.6) is 5.75 Å². The summed E-state index contributed by atoms with van der Waals surface area (Å²) in [6.45, 7) is 25.7. The molecular formula is C37H62N2O5. The van der Waals surface area contributed by atoms with Gasteiger partial charge in [0.2, 0.25) is 0 Å². The standard InChI is InChI=1S/C37H62N2O5/c1-13-27(26-23-35(8,9)38(12)36(10,11)24-26)37(39-17-15-14-16-18-39,44-31(42)21-30(40)41)22-25-19-28(33(2,3)4)32(43)29(20-25)34(5,6)7/h19-20,26-27,43H,13-18,21-24H2,1-12H3,(H,40,41). The zero-order chi connectivity index (χ0) is 33.5. The SMILES string of the molecule is CCC(C1CC(C)(C)N(C)C(C)(C)C1)C(Cc1cc(C(C)(C)C)c(O)c(C(C)(C)C)c1)(OC(=O)CC(=O)O)N1CCCCC1. The lowest BCUT2D eigenvalue weighted by Gasteiger charge is -2.58. The van der Waals surface area contributed by atoms with Gasteiger partial charge in [-0.1, -0.05) is 67.0 Å². The highest BCUT2D eigenvalue weighted by atomic mass is 16.6. The predicted molar refractivity (Wildman–Crippen MR) is 178 cm³/mol. The molecule has 3 rings (SSSR count). The summed E-state index contributed by atoms with van der Waals surface area (Å²) in [4.78, 5) is 30.2. The molecule has 7 heteroatoms. The van der Waals surface area contributed by atoms with Gasteiger partial charge < -0.3 is 14.9 Å². The minimum absolute atomic E-state index is 0.0180. The topological polar surface area (TPSA) is 90.3 Å². The second-order valence-electron chi connectivity index (χ2n) is 17.0. The Hall–Kier alpha value is -2.12. The number of carbonyl (C=O) groups is 2. The van der Waals surface area contributed by atoms with Gasteiger partial charge in [-0.3, -0.25) is 19.4 Å². The number of carbonyl (C=O) groups excluding carboxylic acids is 1. The molecule has 2 aliphatic rings. The van der Waals surface area contributed by atoms with Gasteiger partial charge in [0.1, 0.15) is 12.2 Å². The predicted octanol–water partition coefficient (Wildman–Crippen LogP) is 7.66. The number of aromatic hydroxyl groups is 1. The van der Waals surface area contributed by atoms with Crippen LogP contribution in [-0.2, 0) is 31.6 Å². The molecule has 2 heterocycles. The molecule has 2 N–H and O–H groups in total. The first-order valence-electron chi connectivity index (χ1n) is 16.8. The van der Waals surface area contributed by atoms with E-state index in [0.29, 0.717) is 12.2 Å². The van der Waals surface area contributed by atoms with E-state index in [1.54, 1.807) is 0 Å². The lowest BCUT2D eigenvalue weighted by molar-refractivity contribution is -0.219. The monoisotopic (exact) mass is 614 g/mol. The molecule has 2 saturated heterocycles. The number of hydrogen-bond acceptors (Lipinski definition) is 6. The minimum atomic E-state index is -1.17. The Morgan fingerprint density at radius 3 is 1.82 bits per heavy atom. The molecule has 0 radical (unpaired) electrons. The number of carboxylic acid groups (broad SMARTS) is 1. The first-order valence-corrected chi connectivity index (χ1v) is 16.8. The number of hydrogen-bond donors (Lipinski definition) is 2. The van der Waals surface area contributed by atoms with Crippen molar-refractivity contribution in [2.75, 3.05) is 20.1 Å². The van der Waals surface area contributed by atoms with E-state index in [1.165, 1.54) is 0 Å². The molecule has 0 saturated carbocycles. The fourth-order valence-electron chi connectivity index (χ4n) is 8.27. The molecule has 44 heavy (non-hydrogen) atoms. The van der Waals surface area contributed by atoms with Crippen molar-refractivity contribution in [3.63, 3.8) is 0 Å². The summed E-state index contributed by atoms with van der Waals surface area (Å²) < 4.78 is 6.67. The van der Waals surface area contributed by atoms with Crippen LogP contribution in [-0.4, -0.2) is 68.9 Å². The van der Waals surface area contributed by atoms with Crippen molar-refractivity contribution in [1.29, 1.82) is 0 Å². The molecule has 2 fully saturated rings. The molecule has 2 aliphatic heterocycles. The fraction of sp³-hybridized carbons (Fsp3) is 0.784. The maximum absolute atomic E-state index is 13.5. The quantitative estimate of drug-likeness (QED) is 0.218. The zero-order valence-corrected chi connectivity index (χ0v) is 29.9. The highest BCUT2D eigenvalue weighted by molar-refractivity contribution is 5.90. The number of piperidine rings is 2. The van der Waals surface area contributed by atoms with E-state index in [1.807, 2.05) is 0 Å². The van der Waals surface area contributed by atoms with Gasteiger partial charge in [-0.15, -0.1) is 0 Å². The molecule has 1 aromatic rings. The molecule has 7 nitrogen and oxygen atoms in total. The summed E-state index contributed by atoms with van der Waals surface area (Å²) >= 11 is 0. The van der Waals surface area contributed by atoms with E-state index in [4.69, 9.17) is 4.74 Å². The van der Waals surface area contributed by atoms with Crippen molar-refractivity contribution in [2.24, 2.45) is 11.8 Å². The van der Waals surface area contributed by atoms with Gasteiger partial charge >= 0.3 is 11.9 Å². The van der Waals surface area contributed by atoms with E-state index in [2.05, 4.69) is 105 Å². The first kappa shape index (κ1) is 36.3. The first-order chi connectivity index (χ1) is 20.0. The molecule has 0 aliphatic carbocycles. The molecule has 1 aromatic carbocycles. The van der Waals surface area contributed by atoms with Crippen LogP contribution in [0.2, 0.25) is 0 Å². The lowest BCUT2D eigenvalue weighted by Crippen LogP contribution is -2.65. The normalized spacial score (nSPS) is 22.3. The highest BCUT2D eigenvalue weighted by Gasteiger charge is 2.54. The number of ether oxygens (including phenoxy) is 1. The van der Waals surface area contributed by atoms with Crippen LogP contribution in [0.25, 0.3) is 0 Å². The summed E-state index contributed by atoms with van der Waals surface area (Å²) in [6.07, 6.45) is 5.63. The van der Waals surface area contributed by atoms with Gasteiger partial charge in [-0.05, 0) is 100 Å². The molecule has 0 aromatic heterocycles. The Bertz CT molecular complexity index is 1130. The Balaban J connectivity index is 2.32. The number of carboxylic acids is 1. The van der Waals surface area contributed by atoms with Gasteiger partial charge in [-0.2, -0.15) is 0 Å². The van der Waals surface area contributed by atoms with Crippen LogP contribution >= 0.6 is 0 Å². The van der Waals surface area contributed by atoms with E-state index in [9.17, 15) is 19.8 Å². The third-order valence-electron chi connectivity index (χ3n) is 10.6. The minimum Gasteiger partial charge on any atom is -0.507 e. The summed E-state index contributed by atoms with van der Waals surface area (Å²) in [5, 5.41) is 21.1. The number of phenols is 1. The Morgan fingerprint density at radius 2 is 1.41 bits per heavy atom. The van der Waals surface area contributed by atoms with Crippen LogP contribution < -0.4 is 0 Å². The van der Waals surface area contributed by atoms with Gasteiger partial charge in [0.15, 0.2) is 5.72 Å². The Morgan fingerprint density at radius 1 is 0.932 bits per heavy atom. The number of aliphatic carboxylic acids is 1. The lowest BCUT2D eigenvalue weighted by atomic mass is 9.64. The molecular weight excluding hydrogens is 552 g/mol. The van der Waals surface area contributed by atoms with Crippen LogP contribution in [0.3, 0.4) is 0 Å². The van der Waals surface area contributed by atoms with Crippen molar-refractivity contribution in [2.45, 2.75) is 155 Å². The fourth-order valence-corrected chi connectivity index (χ4v) is 8.27. The van der Waals surface area contributed by atoms with E-state index in [-0.39, 0.29) is 33.7 Å². The average Bonchev–Trinajstić information content (AvgIpc) is 2.86. The largest absolute Gasteiger partial charge is 0.507 e. The second kappa shape index (κ2) is 12.9. The Kier molecular flexibility index (Phi) is 10.7. The summed E-state index contributed by atoms with van der Waals surface area (Å²) in [5.74, 6) is -1.30. The van der Waals surface area contributed by atoms with Crippen LogP contribution in [0.4, 0.5) is 0 Å². The average molecular weight is 615 g/mol. The van der Waals surface area contributed by atoms with Crippen molar-refractivity contribution in [3.8, 4) is 5.75 Å². The number of nitrogens with zero attached hydrogens (tertiary/aromatic N) is 2. The van der Waals surface area contributed by atoms with Gasteiger partial charge in [0.05, 0.1) is 0 Å². The molecule has 0 bridgehead atoms. The van der Waals surface area contributed by atoms with Gasteiger partial charge in [-0.25, -0.2) is 0 Å². The number of likely N-dealkylation sites (tertiary alicyclic amines) is 2. The molecule has 0 spiro atoms. The van der Waals surface area contributed by atoms with E-state index < -0.39 is 24.1 Å². The highest BCUT2D eigenvalue weighted by Crippen LogP contribution is 2.50. The summed E-state index contributed by atoms with van der Waals surface area (Å²) in [7, 11) is 2.21. The van der Waals surface area contributed by atoms with Gasteiger partial charge in [0, 0.05) is 36.5 Å². The van der Waals surface area contributed by atoms with E-state index in [0.717, 1.165) is 68.3 Å². The number of esters is 1. The van der Waals surface area contributed by atoms with E-state index >= 15 is 0 Å². The van der Waals surface area contributed by atoms with Gasteiger partial charge in [0.25, 0.3) is 0 Å². The van der Waals surface area contributed by atoms with Crippen molar-refractivity contribution < 1.29 is 24.5 Å². The molecule has 2 unspecified atom stereocenters. The maximum Gasteiger partial charge on any atom is 0.318 e. The third kappa shape index (κ3) is 7.81. The number of phenolic OH excluding ortho intramolecular Hbond substituents is 1. The Labute approximate surface area is 267 Å². The molecule has 250 valence electrons. The molecule has 2 atom stereocenters. The number of rotatable bonds is 9. The van der Waals surface area contributed by atoms with Crippen LogP contribution in [0.15, 0.2) is 12.1 Å². The maximum atomic E-state index is 13.5. The van der Waals surface area contributed by atoms with Crippen molar-refractivity contribution >= 4 is 11.9 Å².